The standard InChI is InChI=1S/C33H39F2N5O7/c1-40(2,3)13-6-14-47-22-8-9-25-24(16-22)23(11-12-36-25)31(43)38-19-29(41)39-20-33(34,35)17-26(39)30(42)32(44)37-18-21-7-10-27(45-4)28(15-21)46-5/h7-12,15-16,26H,6,13-14,17-20H2,1-5H3,(H-,37,38,43,44)/p+1/t26-/m0/s1. The molecule has 2 N–H and O–H groups in total. The Morgan fingerprint density at radius 1 is 1.00 bits per heavy atom. The number of likely N-dealkylation sites (tertiary alicyclic amines) is 1. The van der Waals surface area contributed by atoms with Gasteiger partial charge in [0.05, 0.1) is 72.7 Å². The number of ether oxygens (including phenoxy) is 3. The monoisotopic (exact) mass is 656 g/mol. The van der Waals surface area contributed by atoms with E-state index in [0.29, 0.717) is 45.2 Å². The van der Waals surface area contributed by atoms with Crippen molar-refractivity contribution < 1.29 is 46.7 Å². The lowest BCUT2D eigenvalue weighted by atomic mass is 10.1. The lowest BCUT2D eigenvalue weighted by molar-refractivity contribution is -0.870. The number of rotatable bonds is 14. The molecule has 0 bridgehead atoms. The molecule has 0 radical (unpaired) electrons. The van der Waals surface area contributed by atoms with E-state index >= 15 is 0 Å². The van der Waals surface area contributed by atoms with Crippen molar-refractivity contribution in [3.63, 3.8) is 0 Å². The van der Waals surface area contributed by atoms with Crippen LogP contribution in [-0.2, 0) is 20.9 Å². The van der Waals surface area contributed by atoms with Gasteiger partial charge in [-0.3, -0.25) is 24.2 Å². The number of methoxy groups -OCH3 is 2. The third-order valence-corrected chi connectivity index (χ3v) is 7.62. The second-order valence-corrected chi connectivity index (χ2v) is 12.3. The maximum atomic E-state index is 14.5. The Bertz CT molecular complexity index is 1640. The molecule has 252 valence electrons. The SMILES string of the molecule is COc1ccc(CNC(=O)C(=O)[C@@H]2CC(F)(F)CN2C(=O)CNC(=O)c2ccnc3ccc(OCCC[N+](C)(C)C)cc23)cc1OC. The van der Waals surface area contributed by atoms with Crippen molar-refractivity contribution in [1.82, 2.24) is 20.5 Å². The highest BCUT2D eigenvalue weighted by molar-refractivity contribution is 6.38. The normalized spacial score (nSPS) is 15.6. The molecule has 3 aromatic rings. The van der Waals surface area contributed by atoms with E-state index in [1.165, 1.54) is 26.5 Å². The number of halogens is 2. The van der Waals surface area contributed by atoms with Crippen LogP contribution in [0, 0.1) is 0 Å². The molecule has 1 aliphatic heterocycles. The number of carbonyl (C=O) groups is 4. The first kappa shape index (κ1) is 35.0. The van der Waals surface area contributed by atoms with Gasteiger partial charge in [0, 0.05) is 31.0 Å². The fourth-order valence-electron chi connectivity index (χ4n) is 5.22. The third kappa shape index (κ3) is 9.12. The minimum absolute atomic E-state index is 0.0963. The van der Waals surface area contributed by atoms with Crippen molar-refractivity contribution in [2.45, 2.75) is 31.4 Å². The zero-order valence-electron chi connectivity index (χ0n) is 27.1. The number of ketones is 1. The molecule has 1 atom stereocenters. The molecule has 1 aromatic heterocycles. The van der Waals surface area contributed by atoms with Crippen LogP contribution < -0.4 is 24.8 Å². The molecule has 2 heterocycles. The van der Waals surface area contributed by atoms with Crippen molar-refractivity contribution in [2.75, 3.05) is 61.6 Å². The van der Waals surface area contributed by atoms with Crippen LogP contribution in [0.5, 0.6) is 17.2 Å². The number of aromatic nitrogens is 1. The number of alkyl halides is 2. The molecule has 12 nitrogen and oxygen atoms in total. The molecule has 0 spiro atoms. The molecule has 1 aliphatic rings. The molecular formula is C33H40F2N5O7+. The van der Waals surface area contributed by atoms with Crippen LogP contribution in [0.15, 0.2) is 48.7 Å². The van der Waals surface area contributed by atoms with Gasteiger partial charge in [-0.05, 0) is 42.0 Å². The number of nitrogens with one attached hydrogen (secondary N) is 2. The number of Topliss-reactive ketones (excluding diaryl/α,β-unsaturated/α-hetero) is 1. The van der Waals surface area contributed by atoms with Gasteiger partial charge in [-0.25, -0.2) is 8.78 Å². The summed E-state index contributed by atoms with van der Waals surface area (Å²) in [6.07, 6.45) is 1.25. The summed E-state index contributed by atoms with van der Waals surface area (Å²) < 4.78 is 46.0. The van der Waals surface area contributed by atoms with Gasteiger partial charge in [-0.2, -0.15) is 0 Å². The maximum Gasteiger partial charge on any atom is 0.289 e. The Balaban J connectivity index is 1.39. The number of hydrogen-bond acceptors (Lipinski definition) is 8. The second-order valence-electron chi connectivity index (χ2n) is 12.3. The van der Waals surface area contributed by atoms with E-state index in [2.05, 4.69) is 36.8 Å². The van der Waals surface area contributed by atoms with E-state index in [1.807, 2.05) is 0 Å². The first-order valence-electron chi connectivity index (χ1n) is 15.0. The second kappa shape index (κ2) is 14.7. The van der Waals surface area contributed by atoms with Crippen molar-refractivity contribution in [1.29, 1.82) is 0 Å². The number of benzene rings is 2. The Kier molecular flexibility index (Phi) is 11.0. The van der Waals surface area contributed by atoms with Gasteiger partial charge in [-0.15, -0.1) is 0 Å². The number of amides is 3. The zero-order chi connectivity index (χ0) is 34.4. The predicted molar refractivity (Wildman–Crippen MR) is 169 cm³/mol. The fourth-order valence-corrected chi connectivity index (χ4v) is 5.22. The fraction of sp³-hybridized carbons (Fsp3) is 0.424. The van der Waals surface area contributed by atoms with E-state index in [9.17, 15) is 28.0 Å². The van der Waals surface area contributed by atoms with Gasteiger partial charge in [-0.1, -0.05) is 6.07 Å². The van der Waals surface area contributed by atoms with Gasteiger partial charge < -0.3 is 34.2 Å². The van der Waals surface area contributed by atoms with Crippen LogP contribution in [0.2, 0.25) is 0 Å². The summed E-state index contributed by atoms with van der Waals surface area (Å²) in [7, 11) is 9.18. The lowest BCUT2D eigenvalue weighted by Crippen LogP contribution is -2.49. The van der Waals surface area contributed by atoms with Crippen LogP contribution in [-0.4, -0.2) is 111 Å². The third-order valence-electron chi connectivity index (χ3n) is 7.62. The molecule has 47 heavy (non-hydrogen) atoms. The first-order valence-corrected chi connectivity index (χ1v) is 15.0. The molecule has 0 saturated carbocycles. The number of quaternary nitrogens is 1. The lowest BCUT2D eigenvalue weighted by Gasteiger charge is -2.23. The molecule has 0 unspecified atom stereocenters. The Labute approximate surface area is 271 Å². The highest BCUT2D eigenvalue weighted by atomic mass is 19.3. The summed E-state index contributed by atoms with van der Waals surface area (Å²) in [6, 6.07) is 9.78. The van der Waals surface area contributed by atoms with Gasteiger partial charge >= 0.3 is 0 Å². The summed E-state index contributed by atoms with van der Waals surface area (Å²) in [5.41, 5.74) is 1.29. The first-order chi connectivity index (χ1) is 22.2. The molecule has 2 aromatic carbocycles. The van der Waals surface area contributed by atoms with Crippen molar-refractivity contribution in [3.8, 4) is 17.2 Å². The van der Waals surface area contributed by atoms with E-state index < -0.39 is 55.0 Å². The molecular weight excluding hydrogens is 616 g/mol. The van der Waals surface area contributed by atoms with Crippen LogP contribution in [0.1, 0.15) is 28.8 Å². The van der Waals surface area contributed by atoms with Crippen LogP contribution >= 0.6 is 0 Å². The molecule has 0 aliphatic carbocycles. The van der Waals surface area contributed by atoms with Gasteiger partial charge in [0.2, 0.25) is 11.7 Å². The number of carbonyl (C=O) groups excluding carboxylic acids is 4. The Morgan fingerprint density at radius 2 is 1.74 bits per heavy atom. The van der Waals surface area contributed by atoms with Gasteiger partial charge in [0.15, 0.2) is 11.5 Å². The minimum atomic E-state index is -3.40. The summed E-state index contributed by atoms with van der Waals surface area (Å²) in [5, 5.41) is 5.35. The predicted octanol–water partition coefficient (Wildman–Crippen LogP) is 2.58. The summed E-state index contributed by atoms with van der Waals surface area (Å²) in [6.45, 7) is -0.436. The van der Waals surface area contributed by atoms with E-state index in [4.69, 9.17) is 14.2 Å². The van der Waals surface area contributed by atoms with Crippen LogP contribution in [0.3, 0.4) is 0 Å². The summed E-state index contributed by atoms with van der Waals surface area (Å²) >= 11 is 0. The van der Waals surface area contributed by atoms with Crippen LogP contribution in [0.4, 0.5) is 8.78 Å². The quantitative estimate of drug-likeness (QED) is 0.154. The van der Waals surface area contributed by atoms with E-state index in [1.54, 1.807) is 36.4 Å². The topological polar surface area (TPSA) is 136 Å². The summed E-state index contributed by atoms with van der Waals surface area (Å²) in [5.74, 6) is -5.87. The number of fused-ring (bicyclic) bond motifs is 1. The minimum Gasteiger partial charge on any atom is -0.493 e. The smallest absolute Gasteiger partial charge is 0.289 e. The van der Waals surface area contributed by atoms with E-state index in [-0.39, 0.29) is 12.1 Å². The van der Waals surface area contributed by atoms with Crippen molar-refractivity contribution in [2.24, 2.45) is 0 Å². The van der Waals surface area contributed by atoms with Crippen LogP contribution in [0.25, 0.3) is 10.9 Å². The summed E-state index contributed by atoms with van der Waals surface area (Å²) in [4.78, 5) is 56.9. The molecule has 4 rings (SSSR count). The highest BCUT2D eigenvalue weighted by Crippen LogP contribution is 2.33. The average Bonchev–Trinajstić information content (AvgIpc) is 3.38. The number of pyridine rings is 1. The average molecular weight is 657 g/mol. The molecule has 3 amide bonds. The van der Waals surface area contributed by atoms with Crippen molar-refractivity contribution >= 4 is 34.4 Å². The molecule has 1 saturated heterocycles. The molecule has 14 heteroatoms. The van der Waals surface area contributed by atoms with Crippen molar-refractivity contribution in [3.05, 3.63) is 59.8 Å². The maximum absolute atomic E-state index is 14.5. The Hall–Kier alpha value is -4.85. The highest BCUT2D eigenvalue weighted by Gasteiger charge is 2.51. The largest absolute Gasteiger partial charge is 0.493 e. The van der Waals surface area contributed by atoms with E-state index in [0.717, 1.165) is 17.4 Å². The van der Waals surface area contributed by atoms with Gasteiger partial charge in [0.25, 0.3) is 17.7 Å². The number of hydrogen-bond donors (Lipinski definition) is 2. The molecule has 1 fully saturated rings. The zero-order valence-corrected chi connectivity index (χ0v) is 27.1. The number of nitrogens with zero attached hydrogens (tertiary/aromatic N) is 3. The Morgan fingerprint density at radius 3 is 2.45 bits per heavy atom. The van der Waals surface area contributed by atoms with Gasteiger partial charge in [0.1, 0.15) is 11.8 Å².